The summed E-state index contributed by atoms with van der Waals surface area (Å²) in [6.45, 7) is 5.18. The zero-order valence-corrected chi connectivity index (χ0v) is 24.7. The van der Waals surface area contributed by atoms with Gasteiger partial charge in [-0.05, 0) is 49.8 Å². The highest BCUT2D eigenvalue weighted by Gasteiger charge is 2.49. The van der Waals surface area contributed by atoms with Crippen molar-refractivity contribution in [3.05, 3.63) is 66.2 Å². The topological polar surface area (TPSA) is 121 Å². The van der Waals surface area contributed by atoms with Gasteiger partial charge in [0.1, 0.15) is 5.69 Å². The molecule has 2 saturated carbocycles. The zero-order chi connectivity index (χ0) is 29.6. The van der Waals surface area contributed by atoms with Crippen LogP contribution in [0.25, 0.3) is 22.4 Å². The highest BCUT2D eigenvalue weighted by atomic mass is 16.3. The Bertz CT molecular complexity index is 1330. The van der Waals surface area contributed by atoms with Crippen molar-refractivity contribution in [2.45, 2.75) is 89.3 Å². The van der Waals surface area contributed by atoms with Crippen LogP contribution in [-0.4, -0.2) is 50.7 Å². The van der Waals surface area contributed by atoms with E-state index in [2.05, 4.69) is 15.5 Å². The zero-order valence-electron chi connectivity index (χ0n) is 24.7. The third-order valence-electron chi connectivity index (χ3n) is 8.13. The summed E-state index contributed by atoms with van der Waals surface area (Å²) in [5.41, 5.74) is 9.75. The number of nitrogens with one attached hydrogen (secondary N) is 1. The van der Waals surface area contributed by atoms with Crippen LogP contribution in [-0.2, 0) is 15.1 Å². The van der Waals surface area contributed by atoms with E-state index in [0.29, 0.717) is 37.0 Å². The second-order valence-electron chi connectivity index (χ2n) is 11.8. The summed E-state index contributed by atoms with van der Waals surface area (Å²) in [5, 5.41) is 21.3. The van der Waals surface area contributed by atoms with Gasteiger partial charge in [-0.2, -0.15) is 0 Å². The minimum Gasteiger partial charge on any atom is -0.390 e. The average Bonchev–Trinajstić information content (AvgIpc) is 2.96. The molecule has 2 aliphatic rings. The smallest absolute Gasteiger partial charge is 0.222 e. The first-order chi connectivity index (χ1) is 19.5. The molecule has 3 aromatic rings. The second kappa shape index (κ2) is 12.9. The Hall–Kier alpha value is -3.62. The number of amides is 2. The third kappa shape index (κ3) is 7.57. The van der Waals surface area contributed by atoms with E-state index in [9.17, 15) is 14.7 Å². The van der Waals surface area contributed by atoms with Crippen molar-refractivity contribution in [3.8, 4) is 22.4 Å². The summed E-state index contributed by atoms with van der Waals surface area (Å²) in [5.74, 6) is 0.510. The van der Waals surface area contributed by atoms with E-state index in [4.69, 9.17) is 5.73 Å². The first-order valence-electron chi connectivity index (χ1n) is 14.6. The van der Waals surface area contributed by atoms with Crippen LogP contribution in [0.15, 0.2) is 60.7 Å². The molecule has 1 heterocycles. The van der Waals surface area contributed by atoms with E-state index in [1.54, 1.807) is 0 Å². The Balaban J connectivity index is 0.000000271. The number of hydrogen-bond donors (Lipinski definition) is 3. The summed E-state index contributed by atoms with van der Waals surface area (Å²) < 4.78 is 0. The van der Waals surface area contributed by atoms with E-state index >= 15 is 0 Å². The molecule has 2 fully saturated rings. The van der Waals surface area contributed by atoms with Gasteiger partial charge in [-0.15, -0.1) is 10.2 Å². The molecule has 0 radical (unpaired) electrons. The molecular weight excluding hydrogens is 514 g/mol. The number of nitrogens with zero attached hydrogens (tertiary/aromatic N) is 3. The fourth-order valence-corrected chi connectivity index (χ4v) is 6.08. The van der Waals surface area contributed by atoms with Crippen LogP contribution in [0.2, 0.25) is 0 Å². The van der Waals surface area contributed by atoms with Crippen LogP contribution in [0, 0.1) is 0 Å². The Morgan fingerprint density at radius 3 is 2.20 bits per heavy atom. The third-order valence-corrected chi connectivity index (χ3v) is 8.13. The monoisotopic (exact) mass is 557 g/mol. The van der Waals surface area contributed by atoms with Crippen LogP contribution in [0.1, 0.15) is 77.7 Å². The van der Waals surface area contributed by atoms with E-state index in [0.717, 1.165) is 27.9 Å². The molecular formula is C33H43N5O3. The predicted molar refractivity (Wildman–Crippen MR) is 163 cm³/mol. The van der Waals surface area contributed by atoms with Gasteiger partial charge in [-0.3, -0.25) is 9.59 Å². The first kappa shape index (κ1) is 30.3. The molecule has 8 nitrogen and oxygen atoms in total. The van der Waals surface area contributed by atoms with E-state index in [1.165, 1.54) is 39.0 Å². The lowest BCUT2D eigenvalue weighted by molar-refractivity contribution is -0.132. The molecule has 2 aromatic carbocycles. The maximum Gasteiger partial charge on any atom is 0.222 e. The maximum atomic E-state index is 11.4. The first-order valence-corrected chi connectivity index (χ1v) is 14.6. The lowest BCUT2D eigenvalue weighted by atomic mass is 9.63. The summed E-state index contributed by atoms with van der Waals surface area (Å²) in [6.07, 6.45) is 8.10. The normalized spacial score (nSPS) is 22.1. The number of benzene rings is 2. The fraction of sp³-hybridized carbons (Fsp3) is 0.455. The van der Waals surface area contributed by atoms with Crippen molar-refractivity contribution in [2.75, 3.05) is 12.4 Å². The summed E-state index contributed by atoms with van der Waals surface area (Å²) in [7, 11) is 1.95. The number of carbonyl (C=O) groups excluding carboxylic acids is 2. The molecule has 0 unspecified atom stereocenters. The molecule has 41 heavy (non-hydrogen) atoms. The molecule has 0 atom stereocenters. The van der Waals surface area contributed by atoms with Gasteiger partial charge in [0, 0.05) is 43.1 Å². The molecule has 8 heteroatoms. The van der Waals surface area contributed by atoms with Gasteiger partial charge in [0.25, 0.3) is 0 Å². The number of carbonyl (C=O) groups is 2. The van der Waals surface area contributed by atoms with Gasteiger partial charge < -0.3 is 21.1 Å². The molecule has 1 aromatic heterocycles. The Morgan fingerprint density at radius 1 is 1.00 bits per heavy atom. The summed E-state index contributed by atoms with van der Waals surface area (Å²) >= 11 is 0. The molecule has 0 aliphatic heterocycles. The molecule has 4 N–H and O–H groups in total. The van der Waals surface area contributed by atoms with Gasteiger partial charge in [-0.1, -0.05) is 80.8 Å². The van der Waals surface area contributed by atoms with Crippen LogP contribution >= 0.6 is 0 Å². The minimum atomic E-state index is -0.696. The lowest BCUT2D eigenvalue weighted by Gasteiger charge is -2.49. The summed E-state index contributed by atoms with van der Waals surface area (Å²) in [6, 6.07) is 20.2. The van der Waals surface area contributed by atoms with Crippen molar-refractivity contribution in [3.63, 3.8) is 0 Å². The number of nitrogens with two attached hydrogens (primary N) is 1. The molecule has 0 spiro atoms. The number of hydrogen-bond acceptors (Lipinski definition) is 6. The molecule has 2 aliphatic carbocycles. The van der Waals surface area contributed by atoms with Crippen molar-refractivity contribution >= 4 is 17.6 Å². The van der Waals surface area contributed by atoms with Crippen molar-refractivity contribution in [1.29, 1.82) is 0 Å². The lowest BCUT2D eigenvalue weighted by Crippen LogP contribution is -2.58. The minimum absolute atomic E-state index is 0.194. The van der Waals surface area contributed by atoms with Crippen LogP contribution < -0.4 is 11.1 Å². The van der Waals surface area contributed by atoms with Gasteiger partial charge in [0.2, 0.25) is 11.8 Å². The molecule has 2 amide bonds. The number of aromatic nitrogens is 2. The van der Waals surface area contributed by atoms with Crippen molar-refractivity contribution in [2.24, 2.45) is 5.73 Å². The van der Waals surface area contributed by atoms with Crippen LogP contribution in [0.5, 0.6) is 0 Å². The van der Waals surface area contributed by atoms with Crippen LogP contribution in [0.4, 0.5) is 5.82 Å². The van der Waals surface area contributed by atoms with E-state index in [1.807, 2.05) is 86.5 Å². The summed E-state index contributed by atoms with van der Waals surface area (Å²) in [4.78, 5) is 24.7. The molecule has 0 saturated heterocycles. The quantitative estimate of drug-likeness (QED) is 0.360. The average molecular weight is 558 g/mol. The van der Waals surface area contributed by atoms with E-state index in [-0.39, 0.29) is 5.91 Å². The molecule has 0 bridgehead atoms. The Kier molecular flexibility index (Phi) is 9.56. The van der Waals surface area contributed by atoms with Crippen molar-refractivity contribution < 1.29 is 14.7 Å². The van der Waals surface area contributed by atoms with Crippen molar-refractivity contribution in [1.82, 2.24) is 15.1 Å². The second-order valence-corrected chi connectivity index (χ2v) is 11.8. The van der Waals surface area contributed by atoms with Gasteiger partial charge in [-0.25, -0.2) is 0 Å². The Labute approximate surface area is 243 Å². The maximum absolute atomic E-state index is 11.4. The molecule has 218 valence electrons. The van der Waals surface area contributed by atoms with Gasteiger partial charge in [0.05, 0.1) is 5.60 Å². The SMILES string of the molecule is CC(=O)Nc1cc(-c2ccccc2)c(-c2ccc(C3(N)CC(C)(O)C3)cc2)nn1.CCC(=O)N(C)C1CCCCC1. The largest absolute Gasteiger partial charge is 0.390 e. The number of aliphatic hydroxyl groups is 1. The highest BCUT2D eigenvalue weighted by molar-refractivity contribution is 5.90. The number of rotatable bonds is 6. The van der Waals surface area contributed by atoms with Gasteiger partial charge in [0.15, 0.2) is 5.82 Å². The number of anilines is 1. The van der Waals surface area contributed by atoms with E-state index < -0.39 is 11.1 Å². The predicted octanol–water partition coefficient (Wildman–Crippen LogP) is 5.66. The van der Waals surface area contributed by atoms with Gasteiger partial charge >= 0.3 is 0 Å². The Morgan fingerprint density at radius 2 is 1.63 bits per heavy atom. The highest BCUT2D eigenvalue weighted by Crippen LogP contribution is 2.46. The molecule has 5 rings (SSSR count). The van der Waals surface area contributed by atoms with Crippen LogP contribution in [0.3, 0.4) is 0 Å². The fourth-order valence-electron chi connectivity index (χ4n) is 6.08. The standard InChI is InChI=1S/C23H24N4O2.C10H19NO/c1-15(28)25-20-12-19(16-6-4-3-5-7-16)21(27-26-20)17-8-10-18(11-9-17)23(24)13-22(2,29)14-23;1-3-10(12)11(2)9-7-5-4-6-8-9/h3-12,29H,13-14,24H2,1-2H3,(H,25,26,28);9H,3-8H2,1-2H3.